The topological polar surface area (TPSA) is 45.2 Å². The molecule has 3 aliphatic rings. The van der Waals surface area contributed by atoms with E-state index in [4.69, 9.17) is 13.6 Å². The van der Waals surface area contributed by atoms with E-state index in [9.17, 15) is 0 Å². The van der Waals surface area contributed by atoms with Crippen LogP contribution in [0.2, 0.25) is 0 Å². The van der Waals surface area contributed by atoms with Crippen LogP contribution in [0.1, 0.15) is 74.9 Å². The van der Waals surface area contributed by atoms with Crippen LogP contribution in [0.4, 0.5) is 51.2 Å². The largest absolute Gasteiger partial charge is 0.454 e. The van der Waals surface area contributed by atoms with E-state index in [1.807, 2.05) is 0 Å². The second-order valence-electron chi connectivity index (χ2n) is 26.4. The number of hydrogen-bond donors (Lipinski definition) is 0. The van der Waals surface area contributed by atoms with Crippen molar-refractivity contribution in [1.82, 2.24) is 0 Å². The van der Waals surface area contributed by atoms with Gasteiger partial charge < -0.3 is 28.3 Å². The van der Waals surface area contributed by atoms with Crippen LogP contribution in [0.15, 0.2) is 270 Å². The number of furan rings is 2. The number of fused-ring (bicyclic) bond motifs is 21. The summed E-state index contributed by atoms with van der Waals surface area (Å²) < 4.78 is 22.3. The fourth-order valence-corrected chi connectivity index (χ4v) is 15.1. The summed E-state index contributed by atoms with van der Waals surface area (Å²) in [4.78, 5) is 7.34. The number of nitrogens with zero attached hydrogens (tertiary/aromatic N) is 3. The lowest BCUT2D eigenvalue weighted by Gasteiger charge is -2.47. The summed E-state index contributed by atoms with van der Waals surface area (Å²) in [6, 6.07) is 95.9. The fraction of sp³-hybridized carbons (Fsp3) is 0.108. The molecule has 13 aromatic carbocycles. The molecule has 0 bridgehead atoms. The van der Waals surface area contributed by atoms with Crippen LogP contribution < -0.4 is 19.4 Å². The Balaban J connectivity index is 1.05. The third kappa shape index (κ3) is 7.38. The first-order chi connectivity index (χ1) is 43.4. The van der Waals surface area contributed by atoms with E-state index in [1.165, 1.54) is 21.9 Å². The van der Waals surface area contributed by atoms with E-state index in [0.717, 1.165) is 151 Å². The van der Waals surface area contributed by atoms with Crippen molar-refractivity contribution in [2.75, 3.05) is 14.7 Å². The van der Waals surface area contributed by atoms with Gasteiger partial charge in [0.25, 0.3) is 0 Å². The van der Waals surface area contributed by atoms with Crippen molar-refractivity contribution in [3.8, 4) is 22.6 Å². The van der Waals surface area contributed by atoms with Gasteiger partial charge in [0.05, 0.1) is 33.9 Å². The van der Waals surface area contributed by atoms with Crippen LogP contribution in [0, 0.1) is 0 Å². The van der Waals surface area contributed by atoms with Gasteiger partial charge in [0, 0.05) is 44.3 Å². The maximum absolute atomic E-state index is 7.56. The van der Waals surface area contributed by atoms with Gasteiger partial charge in [-0.15, -0.1) is 0 Å². The van der Waals surface area contributed by atoms with Crippen LogP contribution in [0.5, 0.6) is 11.5 Å². The fourth-order valence-electron chi connectivity index (χ4n) is 15.1. The molecule has 2 aromatic heterocycles. The number of ether oxygens (including phenoxy) is 1. The summed E-state index contributed by atoms with van der Waals surface area (Å²) in [5.74, 6) is 1.61. The SMILES string of the molecule is CC(C)(C)c1ccc(N(c2ccc3ccccc3c2)c2cc3c(c4c2oc2ccccc24)-c2c(cc(N(c4ccc(C(C)(C)C)cc4)c4ccc5ccccc5c4)c4oc5ccccc5c24)C32c3ccccc3N3c4ccccc4Oc4cccc2c43)cc1. The molecular formula is C83H61N3O3. The molecule has 15 aromatic rings. The number of para-hydroxylation sites is 6. The van der Waals surface area contributed by atoms with Crippen LogP contribution in [-0.4, -0.2) is 0 Å². The van der Waals surface area contributed by atoms with E-state index >= 15 is 0 Å². The molecule has 0 N–H and O–H groups in total. The number of benzene rings is 13. The highest BCUT2D eigenvalue weighted by molar-refractivity contribution is 6.27. The van der Waals surface area contributed by atoms with E-state index in [2.05, 4.69) is 317 Å². The van der Waals surface area contributed by atoms with Crippen LogP contribution >= 0.6 is 0 Å². The molecule has 1 aliphatic carbocycles. The standard InChI is InChI=1S/C83H61N3O3/c1-81(2,3)54-36-42-56(43-37-54)84(58-40-34-50-20-7-9-22-52(50)46-58)68-48-64-76(74-60-24-11-16-30-70(60)88-79(68)74)77-65(83(64)62-26-13-14-28-66(62)86-67-29-15-18-32-72(67)87-73-33-19-27-63(83)78(73)86)49-69(80-75(77)61-25-12-17-31-71(61)89-80)85(57-44-38-55(39-45-57)82(4,5)6)59-41-35-51-21-8-10-23-53(51)47-59/h7-49H,1-6H3. The predicted octanol–water partition coefficient (Wildman–Crippen LogP) is 23.6. The Bertz CT molecular complexity index is 5200. The Kier molecular flexibility index (Phi) is 10.7. The van der Waals surface area contributed by atoms with E-state index in [1.54, 1.807) is 0 Å². The molecule has 0 saturated heterocycles. The quantitative estimate of drug-likeness (QED) is 0.165. The first kappa shape index (κ1) is 51.4. The normalized spacial score (nSPS) is 13.7. The molecule has 426 valence electrons. The van der Waals surface area contributed by atoms with E-state index in [0.29, 0.717) is 0 Å². The summed E-state index contributed by atoms with van der Waals surface area (Å²) in [6.07, 6.45) is 0. The smallest absolute Gasteiger partial charge is 0.160 e. The Labute approximate surface area is 516 Å². The molecular weight excluding hydrogens is 1090 g/mol. The lowest BCUT2D eigenvalue weighted by atomic mass is 9.64. The number of hydrogen-bond acceptors (Lipinski definition) is 6. The molecule has 0 unspecified atom stereocenters. The zero-order valence-corrected chi connectivity index (χ0v) is 50.4. The van der Waals surface area contributed by atoms with Gasteiger partial charge in [-0.2, -0.15) is 0 Å². The monoisotopic (exact) mass is 1150 g/mol. The van der Waals surface area contributed by atoms with Gasteiger partial charge in [0.15, 0.2) is 22.7 Å². The first-order valence-corrected chi connectivity index (χ1v) is 31.0. The van der Waals surface area contributed by atoms with Crippen molar-refractivity contribution in [1.29, 1.82) is 0 Å². The highest BCUT2D eigenvalue weighted by Gasteiger charge is 2.56. The van der Waals surface area contributed by atoms with Gasteiger partial charge >= 0.3 is 0 Å². The molecule has 0 fully saturated rings. The Morgan fingerprint density at radius 2 is 0.775 bits per heavy atom. The Morgan fingerprint density at radius 1 is 0.348 bits per heavy atom. The van der Waals surface area contributed by atoms with Crippen LogP contribution in [0.25, 0.3) is 76.5 Å². The van der Waals surface area contributed by atoms with Crippen molar-refractivity contribution in [3.05, 3.63) is 294 Å². The molecule has 0 radical (unpaired) electrons. The predicted molar refractivity (Wildman–Crippen MR) is 368 cm³/mol. The lowest BCUT2D eigenvalue weighted by molar-refractivity contribution is 0.473. The Morgan fingerprint density at radius 3 is 1.30 bits per heavy atom. The first-order valence-electron chi connectivity index (χ1n) is 31.0. The number of anilines is 9. The minimum Gasteiger partial charge on any atom is -0.454 e. The zero-order valence-electron chi connectivity index (χ0n) is 50.4. The molecule has 2 aliphatic heterocycles. The molecule has 18 rings (SSSR count). The van der Waals surface area contributed by atoms with Crippen molar-refractivity contribution >= 4 is 117 Å². The highest BCUT2D eigenvalue weighted by atomic mass is 16.5. The summed E-state index contributed by atoms with van der Waals surface area (Å²) >= 11 is 0. The van der Waals surface area contributed by atoms with E-state index in [-0.39, 0.29) is 10.8 Å². The third-order valence-electron chi connectivity index (χ3n) is 19.3. The maximum atomic E-state index is 7.56. The highest BCUT2D eigenvalue weighted by Crippen LogP contribution is 2.70. The molecule has 89 heavy (non-hydrogen) atoms. The minimum atomic E-state index is -1.02. The lowest BCUT2D eigenvalue weighted by Crippen LogP contribution is -2.37. The van der Waals surface area contributed by atoms with Crippen molar-refractivity contribution in [3.63, 3.8) is 0 Å². The number of rotatable bonds is 6. The molecule has 0 saturated carbocycles. The van der Waals surface area contributed by atoms with Gasteiger partial charge in [-0.25, -0.2) is 0 Å². The van der Waals surface area contributed by atoms with Gasteiger partial charge in [-0.1, -0.05) is 205 Å². The third-order valence-corrected chi connectivity index (χ3v) is 19.3. The van der Waals surface area contributed by atoms with Crippen LogP contribution in [-0.2, 0) is 16.2 Å². The molecule has 1 spiro atoms. The van der Waals surface area contributed by atoms with Crippen molar-refractivity contribution in [2.24, 2.45) is 0 Å². The molecule has 6 nitrogen and oxygen atoms in total. The molecule has 0 atom stereocenters. The summed E-state index contributed by atoms with van der Waals surface area (Å²) in [6.45, 7) is 13.7. The minimum absolute atomic E-state index is 0.0629. The van der Waals surface area contributed by atoms with Gasteiger partial charge in [-0.3, -0.25) is 0 Å². The van der Waals surface area contributed by atoms with Crippen molar-refractivity contribution < 1.29 is 13.6 Å². The zero-order chi connectivity index (χ0) is 59.7. The molecule has 6 heteroatoms. The van der Waals surface area contributed by atoms with Gasteiger partial charge in [0.1, 0.15) is 11.2 Å². The summed E-state index contributed by atoms with van der Waals surface area (Å²) in [7, 11) is 0. The maximum Gasteiger partial charge on any atom is 0.160 e. The van der Waals surface area contributed by atoms with Crippen LogP contribution in [0.3, 0.4) is 0 Å². The van der Waals surface area contributed by atoms with E-state index < -0.39 is 5.41 Å². The molecule has 4 heterocycles. The molecule has 0 amide bonds. The second kappa shape index (κ2) is 18.6. The average Bonchev–Trinajstić information content (AvgIpc) is 1.53. The second-order valence-corrected chi connectivity index (χ2v) is 26.4. The van der Waals surface area contributed by atoms with Crippen molar-refractivity contribution in [2.45, 2.75) is 57.8 Å². The summed E-state index contributed by atoms with van der Waals surface area (Å²) in [5, 5.41) is 8.79. The summed E-state index contributed by atoms with van der Waals surface area (Å²) in [5.41, 5.74) is 20.3. The van der Waals surface area contributed by atoms with Gasteiger partial charge in [0.2, 0.25) is 0 Å². The average molecular weight is 1150 g/mol. The van der Waals surface area contributed by atoms with Gasteiger partial charge in [-0.05, 0) is 174 Å². The Hall–Kier alpha value is -10.8.